The largest absolute Gasteiger partial charge is 0.480 e. The smallest absolute Gasteiger partial charge is 0.320 e. The lowest BCUT2D eigenvalue weighted by molar-refractivity contribution is -0.139. The normalized spacial score (nSPS) is 11.7. The van der Waals surface area contributed by atoms with Gasteiger partial charge in [-0.05, 0) is 26.3 Å². The Labute approximate surface area is 115 Å². The van der Waals surface area contributed by atoms with E-state index in [1.165, 1.54) is 18.3 Å². The van der Waals surface area contributed by atoms with Gasteiger partial charge in [0.05, 0.1) is 12.1 Å². The van der Waals surface area contributed by atoms with Crippen LogP contribution < -0.4 is 10.6 Å². The summed E-state index contributed by atoms with van der Waals surface area (Å²) in [6.45, 7) is 5.04. The Kier molecular flexibility index (Phi) is 5.03. The molecule has 0 unspecified atom stereocenters. The number of hydrogen-bond acceptors (Lipinski definition) is 5. The molecule has 0 aliphatic carbocycles. The van der Waals surface area contributed by atoms with Crippen LogP contribution >= 0.6 is 11.3 Å². The second-order valence-corrected chi connectivity index (χ2v) is 5.31. The van der Waals surface area contributed by atoms with E-state index in [1.807, 2.05) is 13.8 Å². The highest BCUT2D eigenvalue weighted by Gasteiger charge is 2.16. The molecule has 1 amide bonds. The van der Waals surface area contributed by atoms with Crippen LogP contribution in [0.1, 0.15) is 22.9 Å². The average molecular weight is 281 g/mol. The Morgan fingerprint density at radius 1 is 1.47 bits per heavy atom. The van der Waals surface area contributed by atoms with E-state index in [-0.39, 0.29) is 12.5 Å². The van der Waals surface area contributed by atoms with E-state index in [2.05, 4.69) is 16.7 Å². The first-order chi connectivity index (χ1) is 8.86. The number of nitrogens with zero attached hydrogens (tertiary/aromatic N) is 1. The monoisotopic (exact) mass is 281 g/mol. The molecule has 6 nitrogen and oxygen atoms in total. The first-order valence-corrected chi connectivity index (χ1v) is 6.44. The lowest BCUT2D eigenvalue weighted by Gasteiger charge is -2.08. The van der Waals surface area contributed by atoms with E-state index >= 15 is 0 Å². The van der Waals surface area contributed by atoms with Crippen LogP contribution in [0, 0.1) is 25.2 Å². The van der Waals surface area contributed by atoms with Crippen molar-refractivity contribution in [3.8, 4) is 6.07 Å². The van der Waals surface area contributed by atoms with Gasteiger partial charge in [0.1, 0.15) is 17.1 Å². The van der Waals surface area contributed by atoms with Crippen molar-refractivity contribution >= 4 is 28.2 Å². The van der Waals surface area contributed by atoms with Gasteiger partial charge in [0, 0.05) is 4.88 Å². The maximum Gasteiger partial charge on any atom is 0.320 e. The summed E-state index contributed by atoms with van der Waals surface area (Å²) in [7, 11) is 0. The zero-order valence-corrected chi connectivity index (χ0v) is 11.7. The SMILES string of the molecule is Cc1sc(NC(=O)CN[C@@H](C)C(=O)O)c(C#N)c1C. The second-order valence-electron chi connectivity index (χ2n) is 4.09. The maximum atomic E-state index is 11.7. The molecule has 0 spiro atoms. The number of nitriles is 1. The lowest BCUT2D eigenvalue weighted by Crippen LogP contribution is -2.39. The minimum Gasteiger partial charge on any atom is -0.480 e. The van der Waals surface area contributed by atoms with E-state index in [0.29, 0.717) is 10.6 Å². The number of anilines is 1. The summed E-state index contributed by atoms with van der Waals surface area (Å²) in [5.74, 6) is -1.39. The number of rotatable bonds is 5. The molecule has 3 N–H and O–H groups in total. The van der Waals surface area contributed by atoms with Gasteiger partial charge in [0.15, 0.2) is 0 Å². The van der Waals surface area contributed by atoms with Gasteiger partial charge >= 0.3 is 5.97 Å². The molecule has 1 aromatic heterocycles. The summed E-state index contributed by atoms with van der Waals surface area (Å²) >= 11 is 1.34. The van der Waals surface area contributed by atoms with Gasteiger partial charge < -0.3 is 10.4 Å². The third-order valence-electron chi connectivity index (χ3n) is 2.69. The number of aryl methyl sites for hydroxylation is 1. The van der Waals surface area contributed by atoms with E-state index in [0.717, 1.165) is 10.4 Å². The number of carboxylic acid groups (broad SMARTS) is 1. The molecule has 7 heteroatoms. The van der Waals surface area contributed by atoms with Crippen molar-refractivity contribution < 1.29 is 14.7 Å². The summed E-state index contributed by atoms with van der Waals surface area (Å²) < 4.78 is 0. The van der Waals surface area contributed by atoms with Crippen molar-refractivity contribution in [2.24, 2.45) is 0 Å². The van der Waals surface area contributed by atoms with Gasteiger partial charge in [0.25, 0.3) is 0 Å². The molecule has 102 valence electrons. The van der Waals surface area contributed by atoms with Crippen molar-refractivity contribution in [2.75, 3.05) is 11.9 Å². The molecule has 0 saturated heterocycles. The highest BCUT2D eigenvalue weighted by atomic mass is 32.1. The molecule has 1 aromatic rings. The average Bonchev–Trinajstić information content (AvgIpc) is 2.61. The molecule has 1 rings (SSSR count). The van der Waals surface area contributed by atoms with Crippen molar-refractivity contribution in [3.63, 3.8) is 0 Å². The zero-order valence-electron chi connectivity index (χ0n) is 10.9. The lowest BCUT2D eigenvalue weighted by atomic mass is 10.2. The third kappa shape index (κ3) is 3.77. The predicted octanol–water partition coefficient (Wildman–Crippen LogP) is 1.24. The van der Waals surface area contributed by atoms with Crippen molar-refractivity contribution in [3.05, 3.63) is 16.0 Å². The van der Waals surface area contributed by atoms with Gasteiger partial charge in [-0.25, -0.2) is 0 Å². The van der Waals surface area contributed by atoms with Gasteiger partial charge in [-0.3, -0.25) is 14.9 Å². The highest BCUT2D eigenvalue weighted by Crippen LogP contribution is 2.31. The Hall–Kier alpha value is -1.91. The minimum atomic E-state index is -1.02. The van der Waals surface area contributed by atoms with E-state index in [4.69, 9.17) is 10.4 Å². The Balaban J connectivity index is 2.66. The second kappa shape index (κ2) is 6.31. The number of aliphatic carboxylic acids is 1. The van der Waals surface area contributed by atoms with Crippen LogP contribution in [-0.2, 0) is 9.59 Å². The van der Waals surface area contributed by atoms with Crippen LogP contribution in [0.4, 0.5) is 5.00 Å². The number of carboxylic acids is 1. The molecule has 0 aromatic carbocycles. The highest BCUT2D eigenvalue weighted by molar-refractivity contribution is 7.16. The third-order valence-corrected chi connectivity index (χ3v) is 3.81. The molecule has 0 aliphatic heterocycles. The first kappa shape index (κ1) is 15.1. The number of thiophene rings is 1. The maximum absolute atomic E-state index is 11.7. The van der Waals surface area contributed by atoms with Crippen LogP contribution in [-0.4, -0.2) is 29.6 Å². The number of hydrogen-bond donors (Lipinski definition) is 3. The van der Waals surface area contributed by atoms with Crippen molar-refractivity contribution in [1.29, 1.82) is 5.26 Å². The van der Waals surface area contributed by atoms with Crippen LogP contribution in [0.15, 0.2) is 0 Å². The molecule has 19 heavy (non-hydrogen) atoms. The number of carbonyl (C=O) groups is 2. The van der Waals surface area contributed by atoms with Crippen LogP contribution in [0.25, 0.3) is 0 Å². The predicted molar refractivity (Wildman–Crippen MR) is 72.2 cm³/mol. The van der Waals surface area contributed by atoms with E-state index < -0.39 is 12.0 Å². The van der Waals surface area contributed by atoms with Gasteiger partial charge in [-0.15, -0.1) is 11.3 Å². The van der Waals surface area contributed by atoms with Gasteiger partial charge in [-0.2, -0.15) is 5.26 Å². The Bertz CT molecular complexity index is 545. The molecule has 0 aliphatic rings. The summed E-state index contributed by atoms with van der Waals surface area (Å²) in [5, 5.41) is 23.4. The minimum absolute atomic E-state index is 0.117. The molecular formula is C12H15N3O3S. The molecule has 0 saturated carbocycles. The quantitative estimate of drug-likeness (QED) is 0.753. The van der Waals surface area contributed by atoms with Crippen molar-refractivity contribution in [2.45, 2.75) is 26.8 Å². The number of nitrogens with one attached hydrogen (secondary N) is 2. The fourth-order valence-electron chi connectivity index (χ4n) is 1.35. The van der Waals surface area contributed by atoms with Crippen LogP contribution in [0.5, 0.6) is 0 Å². The van der Waals surface area contributed by atoms with Crippen LogP contribution in [0.3, 0.4) is 0 Å². The van der Waals surface area contributed by atoms with Crippen molar-refractivity contribution in [1.82, 2.24) is 5.32 Å². The standard InChI is InChI=1S/C12H15N3O3S/c1-6-8(3)19-11(9(6)4-13)15-10(16)5-14-7(2)12(17)18/h7,14H,5H2,1-3H3,(H,15,16)(H,17,18)/t7-/m0/s1. The Morgan fingerprint density at radius 3 is 2.63 bits per heavy atom. The summed E-state index contributed by atoms with van der Waals surface area (Å²) in [6.07, 6.45) is 0. The summed E-state index contributed by atoms with van der Waals surface area (Å²) in [4.78, 5) is 23.2. The molecule has 1 heterocycles. The fourth-order valence-corrected chi connectivity index (χ4v) is 2.38. The Morgan fingerprint density at radius 2 is 2.11 bits per heavy atom. The van der Waals surface area contributed by atoms with E-state index in [9.17, 15) is 9.59 Å². The molecular weight excluding hydrogens is 266 g/mol. The topological polar surface area (TPSA) is 102 Å². The van der Waals surface area contributed by atoms with E-state index in [1.54, 1.807) is 0 Å². The number of amides is 1. The fraction of sp³-hybridized carbons (Fsp3) is 0.417. The number of carbonyl (C=O) groups excluding carboxylic acids is 1. The molecule has 0 fully saturated rings. The summed E-state index contributed by atoms with van der Waals surface area (Å²) in [5.41, 5.74) is 1.32. The van der Waals surface area contributed by atoms with Gasteiger partial charge in [0.2, 0.25) is 5.91 Å². The molecule has 1 atom stereocenters. The first-order valence-electron chi connectivity index (χ1n) is 5.63. The van der Waals surface area contributed by atoms with Gasteiger partial charge in [-0.1, -0.05) is 0 Å². The summed E-state index contributed by atoms with van der Waals surface area (Å²) in [6, 6.07) is 1.26. The van der Waals surface area contributed by atoms with Crippen LogP contribution in [0.2, 0.25) is 0 Å². The molecule has 0 bridgehead atoms. The zero-order chi connectivity index (χ0) is 14.6. The molecule has 0 radical (unpaired) electrons.